The van der Waals surface area contributed by atoms with E-state index in [1.165, 1.54) is 4.90 Å². The maximum absolute atomic E-state index is 13.1. The summed E-state index contributed by atoms with van der Waals surface area (Å²) < 4.78 is 5.23. The van der Waals surface area contributed by atoms with Crippen molar-refractivity contribution in [3.05, 3.63) is 100 Å². The van der Waals surface area contributed by atoms with Gasteiger partial charge in [-0.1, -0.05) is 35.9 Å². The second kappa shape index (κ2) is 8.28. The first kappa shape index (κ1) is 20.7. The van der Waals surface area contributed by atoms with Crippen molar-refractivity contribution in [3.63, 3.8) is 0 Å². The fourth-order valence-corrected chi connectivity index (χ4v) is 3.87. The zero-order valence-corrected chi connectivity index (χ0v) is 17.8. The third-order valence-electron chi connectivity index (χ3n) is 5.27. The summed E-state index contributed by atoms with van der Waals surface area (Å²) in [6, 6.07) is 20.1. The van der Waals surface area contributed by atoms with Crippen LogP contribution < -0.4 is 9.64 Å². The lowest BCUT2D eigenvalue weighted by Crippen LogP contribution is -2.29. The quantitative estimate of drug-likeness (QED) is 0.345. The number of anilines is 1. The molecule has 0 spiro atoms. The molecule has 1 amide bonds. The molecule has 0 bridgehead atoms. The van der Waals surface area contributed by atoms with E-state index in [0.29, 0.717) is 27.6 Å². The van der Waals surface area contributed by atoms with Gasteiger partial charge in [0.15, 0.2) is 0 Å². The minimum Gasteiger partial charge on any atom is -0.507 e. The highest BCUT2D eigenvalue weighted by Crippen LogP contribution is 2.42. The molecule has 156 valence electrons. The van der Waals surface area contributed by atoms with E-state index in [2.05, 4.69) is 0 Å². The molecule has 1 aliphatic rings. The van der Waals surface area contributed by atoms with E-state index in [4.69, 9.17) is 16.3 Å². The number of hydrogen-bond donors (Lipinski definition) is 1. The van der Waals surface area contributed by atoms with Crippen molar-refractivity contribution in [1.29, 1.82) is 0 Å². The third-order valence-corrected chi connectivity index (χ3v) is 5.53. The van der Waals surface area contributed by atoms with E-state index in [9.17, 15) is 14.7 Å². The molecule has 31 heavy (non-hydrogen) atoms. The Kier molecular flexibility index (Phi) is 5.53. The van der Waals surface area contributed by atoms with E-state index in [-0.39, 0.29) is 11.3 Å². The second-order valence-electron chi connectivity index (χ2n) is 7.29. The van der Waals surface area contributed by atoms with Crippen LogP contribution in [0.4, 0.5) is 5.69 Å². The molecule has 1 fully saturated rings. The average Bonchev–Trinajstić information content (AvgIpc) is 3.04. The number of aliphatic hydroxyl groups excluding tert-OH is 1. The number of halogens is 1. The number of Topliss-reactive ketones (excluding diaryl/α,β-unsaturated/α-hetero) is 1. The Morgan fingerprint density at radius 3 is 2.29 bits per heavy atom. The van der Waals surface area contributed by atoms with Gasteiger partial charge in [0, 0.05) is 16.3 Å². The van der Waals surface area contributed by atoms with Crippen LogP contribution in [-0.2, 0) is 9.59 Å². The molecule has 3 aromatic carbocycles. The van der Waals surface area contributed by atoms with Crippen molar-refractivity contribution >= 4 is 34.7 Å². The van der Waals surface area contributed by atoms with Crippen LogP contribution in [-0.4, -0.2) is 23.9 Å². The summed E-state index contributed by atoms with van der Waals surface area (Å²) in [6.07, 6.45) is 0. The minimum absolute atomic E-state index is 0.0268. The standard InChI is InChI=1S/C25H20ClNO4/c1-15-4-3-5-19(14-15)27-22(16-8-12-20(31-2)13-9-16)21(24(29)25(27)30)23(28)17-6-10-18(26)11-7-17/h3-14,22,28H,1-2H3/b23-21+. The number of nitrogens with zero attached hydrogens (tertiary/aromatic N) is 1. The van der Waals surface area contributed by atoms with Crippen LogP contribution in [0.3, 0.4) is 0 Å². The van der Waals surface area contributed by atoms with Gasteiger partial charge in [-0.05, 0) is 66.6 Å². The predicted octanol–water partition coefficient (Wildman–Crippen LogP) is 5.28. The van der Waals surface area contributed by atoms with Crippen LogP contribution in [0.25, 0.3) is 5.76 Å². The number of carbonyl (C=O) groups excluding carboxylic acids is 2. The van der Waals surface area contributed by atoms with Gasteiger partial charge in [0.25, 0.3) is 11.7 Å². The zero-order valence-electron chi connectivity index (χ0n) is 17.0. The van der Waals surface area contributed by atoms with Crippen molar-refractivity contribution in [2.75, 3.05) is 12.0 Å². The Bertz CT molecular complexity index is 1180. The molecular formula is C25H20ClNO4. The van der Waals surface area contributed by atoms with Crippen LogP contribution >= 0.6 is 11.6 Å². The summed E-state index contributed by atoms with van der Waals surface area (Å²) in [5.74, 6) is -1.03. The normalized spacial score (nSPS) is 17.8. The van der Waals surface area contributed by atoms with E-state index >= 15 is 0 Å². The highest BCUT2D eigenvalue weighted by molar-refractivity contribution is 6.51. The summed E-state index contributed by atoms with van der Waals surface area (Å²) >= 11 is 5.96. The molecule has 1 atom stereocenters. The second-order valence-corrected chi connectivity index (χ2v) is 7.72. The molecule has 1 saturated heterocycles. The first-order chi connectivity index (χ1) is 14.9. The fraction of sp³-hybridized carbons (Fsp3) is 0.120. The Morgan fingerprint density at radius 1 is 1.00 bits per heavy atom. The molecule has 0 aromatic heterocycles. The highest BCUT2D eigenvalue weighted by atomic mass is 35.5. The SMILES string of the molecule is COc1ccc(C2/C(=C(\O)c3ccc(Cl)cc3)C(=O)C(=O)N2c2cccc(C)c2)cc1. The molecule has 3 aromatic rings. The summed E-state index contributed by atoms with van der Waals surface area (Å²) in [7, 11) is 1.56. The number of ketones is 1. The van der Waals surface area contributed by atoms with Crippen molar-refractivity contribution in [3.8, 4) is 5.75 Å². The lowest BCUT2D eigenvalue weighted by Gasteiger charge is -2.26. The topological polar surface area (TPSA) is 66.8 Å². The van der Waals surface area contributed by atoms with E-state index in [0.717, 1.165) is 5.56 Å². The molecule has 0 radical (unpaired) electrons. The van der Waals surface area contributed by atoms with E-state index < -0.39 is 17.7 Å². The average molecular weight is 434 g/mol. The maximum atomic E-state index is 13.1. The molecule has 1 N–H and O–H groups in total. The van der Waals surface area contributed by atoms with Crippen molar-refractivity contribution in [1.82, 2.24) is 0 Å². The molecule has 0 aliphatic carbocycles. The monoisotopic (exact) mass is 433 g/mol. The first-order valence-corrected chi connectivity index (χ1v) is 10.1. The van der Waals surface area contributed by atoms with Gasteiger partial charge in [-0.25, -0.2) is 0 Å². The Hall–Kier alpha value is -3.57. The summed E-state index contributed by atoms with van der Waals surface area (Å²) in [4.78, 5) is 27.6. The Morgan fingerprint density at radius 2 is 1.68 bits per heavy atom. The molecule has 1 heterocycles. The summed E-state index contributed by atoms with van der Waals surface area (Å²) in [5.41, 5.74) is 2.64. The molecular weight excluding hydrogens is 414 g/mol. The van der Waals surface area contributed by atoms with Gasteiger partial charge < -0.3 is 9.84 Å². The van der Waals surface area contributed by atoms with E-state index in [1.807, 2.05) is 25.1 Å². The molecule has 6 heteroatoms. The van der Waals surface area contributed by atoms with Gasteiger partial charge >= 0.3 is 0 Å². The number of ether oxygens (including phenoxy) is 1. The summed E-state index contributed by atoms with van der Waals surface area (Å²) in [6.45, 7) is 1.91. The number of methoxy groups -OCH3 is 1. The largest absolute Gasteiger partial charge is 0.507 e. The highest BCUT2D eigenvalue weighted by Gasteiger charge is 2.46. The number of carbonyl (C=O) groups is 2. The predicted molar refractivity (Wildman–Crippen MR) is 120 cm³/mol. The van der Waals surface area contributed by atoms with Gasteiger partial charge in [-0.3, -0.25) is 14.5 Å². The van der Waals surface area contributed by atoms with Gasteiger partial charge in [0.2, 0.25) is 0 Å². The number of aliphatic hydroxyl groups is 1. The molecule has 0 saturated carbocycles. The van der Waals surface area contributed by atoms with Crippen LogP contribution in [0.2, 0.25) is 5.02 Å². The number of rotatable bonds is 4. The van der Waals surface area contributed by atoms with Crippen LogP contribution in [0.15, 0.2) is 78.4 Å². The van der Waals surface area contributed by atoms with Crippen molar-refractivity contribution in [2.24, 2.45) is 0 Å². The first-order valence-electron chi connectivity index (χ1n) is 9.68. The number of aryl methyl sites for hydroxylation is 1. The van der Waals surface area contributed by atoms with Crippen LogP contribution in [0.5, 0.6) is 5.75 Å². The molecule has 1 aliphatic heterocycles. The van der Waals surface area contributed by atoms with Crippen molar-refractivity contribution in [2.45, 2.75) is 13.0 Å². The van der Waals surface area contributed by atoms with Gasteiger partial charge in [0.1, 0.15) is 11.5 Å². The Balaban J connectivity index is 1.93. The van der Waals surface area contributed by atoms with E-state index in [1.54, 1.807) is 61.7 Å². The minimum atomic E-state index is -0.789. The molecule has 4 rings (SSSR count). The van der Waals surface area contributed by atoms with Crippen LogP contribution in [0.1, 0.15) is 22.7 Å². The zero-order chi connectivity index (χ0) is 22.1. The third kappa shape index (κ3) is 3.80. The van der Waals surface area contributed by atoms with Gasteiger partial charge in [-0.15, -0.1) is 0 Å². The lowest BCUT2D eigenvalue weighted by atomic mass is 9.95. The molecule has 1 unspecified atom stereocenters. The lowest BCUT2D eigenvalue weighted by molar-refractivity contribution is -0.132. The number of benzene rings is 3. The van der Waals surface area contributed by atoms with Gasteiger partial charge in [0.05, 0.1) is 18.7 Å². The smallest absolute Gasteiger partial charge is 0.300 e. The number of amides is 1. The summed E-state index contributed by atoms with van der Waals surface area (Å²) in [5, 5.41) is 11.6. The molecule has 5 nitrogen and oxygen atoms in total. The van der Waals surface area contributed by atoms with Gasteiger partial charge in [-0.2, -0.15) is 0 Å². The fourth-order valence-electron chi connectivity index (χ4n) is 3.74. The van der Waals surface area contributed by atoms with Crippen LogP contribution in [0, 0.1) is 6.92 Å². The Labute approximate surface area is 185 Å². The maximum Gasteiger partial charge on any atom is 0.300 e. The van der Waals surface area contributed by atoms with Crippen molar-refractivity contribution < 1.29 is 19.4 Å². The number of hydrogen-bond acceptors (Lipinski definition) is 4.